The Hall–Kier alpha value is -0.0800. The molecule has 2 atom stereocenters. The van der Waals surface area contributed by atoms with Crippen LogP contribution in [0.15, 0.2) is 0 Å². The lowest BCUT2D eigenvalue weighted by molar-refractivity contribution is 0.0673. The second kappa shape index (κ2) is 4.24. The van der Waals surface area contributed by atoms with Gasteiger partial charge in [0.2, 0.25) is 0 Å². The van der Waals surface area contributed by atoms with Crippen molar-refractivity contribution in [3.8, 4) is 0 Å². The number of hydrogen-bond donors (Lipinski definition) is 1. The van der Waals surface area contributed by atoms with Crippen molar-refractivity contribution in [2.45, 2.75) is 33.2 Å². The molecule has 0 amide bonds. The second-order valence-corrected chi connectivity index (χ2v) is 4.30. The molecule has 0 aliphatic carbocycles. The van der Waals surface area contributed by atoms with Gasteiger partial charge in [0.15, 0.2) is 0 Å². The van der Waals surface area contributed by atoms with Crippen molar-refractivity contribution in [1.82, 2.24) is 4.90 Å². The van der Waals surface area contributed by atoms with E-state index in [0.29, 0.717) is 24.5 Å². The average Bonchev–Trinajstić information content (AvgIpc) is 2.04. The average molecular weight is 171 g/mol. The quantitative estimate of drug-likeness (QED) is 0.678. The van der Waals surface area contributed by atoms with E-state index in [1.54, 1.807) is 0 Å². The molecule has 0 aromatic heterocycles. The molecule has 0 radical (unpaired) electrons. The minimum atomic E-state index is 0.368. The number of likely N-dealkylation sites (tertiary alicyclic amines) is 1. The molecule has 0 aromatic carbocycles. The molecule has 0 bridgehead atoms. The van der Waals surface area contributed by atoms with Crippen molar-refractivity contribution in [1.29, 1.82) is 0 Å². The molecule has 2 heteroatoms. The fourth-order valence-corrected chi connectivity index (χ4v) is 1.97. The molecule has 72 valence electrons. The molecular weight excluding hydrogens is 150 g/mol. The van der Waals surface area contributed by atoms with Crippen LogP contribution in [-0.4, -0.2) is 35.7 Å². The van der Waals surface area contributed by atoms with Gasteiger partial charge in [0.1, 0.15) is 0 Å². The molecule has 0 saturated carbocycles. The predicted molar refractivity (Wildman–Crippen MR) is 51.1 cm³/mol. The molecule has 12 heavy (non-hydrogen) atoms. The Morgan fingerprint density at radius 1 is 1.50 bits per heavy atom. The standard InChI is InChI=1S/C10H21NO/c1-8(2)11-5-4-10(7-12)9(3)6-11/h8-10,12H,4-7H2,1-3H3/t9-,10-/m1/s1. The zero-order valence-corrected chi connectivity index (χ0v) is 8.45. The third-order valence-electron chi connectivity index (χ3n) is 3.08. The molecular formula is C10H21NO. The molecule has 1 heterocycles. The van der Waals surface area contributed by atoms with Crippen LogP contribution in [0.25, 0.3) is 0 Å². The van der Waals surface area contributed by atoms with Gasteiger partial charge < -0.3 is 10.0 Å². The first kappa shape index (κ1) is 10.0. The van der Waals surface area contributed by atoms with E-state index < -0.39 is 0 Å². The summed E-state index contributed by atoms with van der Waals surface area (Å²) in [6.45, 7) is 9.41. The Kier molecular flexibility index (Phi) is 3.53. The van der Waals surface area contributed by atoms with Crippen molar-refractivity contribution in [2.24, 2.45) is 11.8 Å². The summed E-state index contributed by atoms with van der Waals surface area (Å²) in [4.78, 5) is 2.50. The Balaban J connectivity index is 2.40. The van der Waals surface area contributed by atoms with Crippen molar-refractivity contribution < 1.29 is 5.11 Å². The third-order valence-corrected chi connectivity index (χ3v) is 3.08. The number of rotatable bonds is 2. The van der Waals surface area contributed by atoms with Gasteiger partial charge in [0.05, 0.1) is 0 Å². The van der Waals surface area contributed by atoms with Crippen molar-refractivity contribution in [3.63, 3.8) is 0 Å². The van der Waals surface area contributed by atoms with Crippen LogP contribution >= 0.6 is 0 Å². The summed E-state index contributed by atoms with van der Waals surface area (Å²) in [6, 6.07) is 0.659. The minimum absolute atomic E-state index is 0.368. The molecule has 0 spiro atoms. The van der Waals surface area contributed by atoms with Gasteiger partial charge in [-0.1, -0.05) is 6.92 Å². The predicted octanol–water partition coefficient (Wildman–Crippen LogP) is 1.35. The zero-order valence-electron chi connectivity index (χ0n) is 8.45. The number of aliphatic hydroxyl groups is 1. The molecule has 1 fully saturated rings. The molecule has 2 nitrogen and oxygen atoms in total. The molecule has 0 aromatic rings. The largest absolute Gasteiger partial charge is 0.396 e. The van der Waals surface area contributed by atoms with Gasteiger partial charge in [-0.15, -0.1) is 0 Å². The van der Waals surface area contributed by atoms with Crippen LogP contribution in [0, 0.1) is 11.8 Å². The summed E-state index contributed by atoms with van der Waals surface area (Å²) in [6.07, 6.45) is 1.16. The Bertz CT molecular complexity index is 136. The Morgan fingerprint density at radius 2 is 2.17 bits per heavy atom. The highest BCUT2D eigenvalue weighted by Crippen LogP contribution is 2.23. The van der Waals surface area contributed by atoms with Crippen LogP contribution in [0.1, 0.15) is 27.2 Å². The zero-order chi connectivity index (χ0) is 9.14. The first-order valence-corrected chi connectivity index (χ1v) is 5.00. The van der Waals surface area contributed by atoms with E-state index >= 15 is 0 Å². The lowest BCUT2D eigenvalue weighted by Crippen LogP contribution is -2.43. The highest BCUT2D eigenvalue weighted by molar-refractivity contribution is 4.78. The third kappa shape index (κ3) is 2.20. The van der Waals surface area contributed by atoms with Crippen LogP contribution in [0.2, 0.25) is 0 Å². The van der Waals surface area contributed by atoms with Crippen LogP contribution in [0.3, 0.4) is 0 Å². The minimum Gasteiger partial charge on any atom is -0.396 e. The van der Waals surface area contributed by atoms with Crippen LogP contribution in [-0.2, 0) is 0 Å². The number of nitrogens with zero attached hydrogens (tertiary/aromatic N) is 1. The monoisotopic (exact) mass is 171 g/mol. The summed E-state index contributed by atoms with van der Waals surface area (Å²) >= 11 is 0. The molecule has 0 unspecified atom stereocenters. The van der Waals surface area contributed by atoms with Gasteiger partial charge in [0.25, 0.3) is 0 Å². The lowest BCUT2D eigenvalue weighted by Gasteiger charge is -2.38. The van der Waals surface area contributed by atoms with E-state index in [0.717, 1.165) is 19.5 Å². The van der Waals surface area contributed by atoms with E-state index in [1.807, 2.05) is 0 Å². The smallest absolute Gasteiger partial charge is 0.0462 e. The maximum Gasteiger partial charge on any atom is 0.0462 e. The van der Waals surface area contributed by atoms with Crippen LogP contribution < -0.4 is 0 Å². The summed E-state index contributed by atoms with van der Waals surface area (Å²) in [5, 5.41) is 9.07. The van der Waals surface area contributed by atoms with Gasteiger partial charge in [-0.05, 0) is 38.6 Å². The highest BCUT2D eigenvalue weighted by atomic mass is 16.3. The lowest BCUT2D eigenvalue weighted by atomic mass is 9.87. The Morgan fingerprint density at radius 3 is 2.58 bits per heavy atom. The topological polar surface area (TPSA) is 23.5 Å². The summed E-state index contributed by atoms with van der Waals surface area (Å²) < 4.78 is 0. The van der Waals surface area contributed by atoms with Crippen molar-refractivity contribution in [3.05, 3.63) is 0 Å². The van der Waals surface area contributed by atoms with E-state index in [2.05, 4.69) is 25.7 Å². The molecule has 1 aliphatic heterocycles. The van der Waals surface area contributed by atoms with E-state index in [4.69, 9.17) is 5.11 Å². The van der Waals surface area contributed by atoms with E-state index in [9.17, 15) is 0 Å². The summed E-state index contributed by atoms with van der Waals surface area (Å²) in [7, 11) is 0. The van der Waals surface area contributed by atoms with Gasteiger partial charge in [0, 0.05) is 19.2 Å². The van der Waals surface area contributed by atoms with Crippen LogP contribution in [0.4, 0.5) is 0 Å². The van der Waals surface area contributed by atoms with Gasteiger partial charge in [-0.2, -0.15) is 0 Å². The van der Waals surface area contributed by atoms with Crippen LogP contribution in [0.5, 0.6) is 0 Å². The number of aliphatic hydroxyl groups excluding tert-OH is 1. The molecule has 1 aliphatic rings. The van der Waals surface area contributed by atoms with Crippen molar-refractivity contribution in [2.75, 3.05) is 19.7 Å². The maximum absolute atomic E-state index is 9.07. The van der Waals surface area contributed by atoms with Gasteiger partial charge >= 0.3 is 0 Å². The first-order valence-electron chi connectivity index (χ1n) is 5.00. The van der Waals surface area contributed by atoms with E-state index in [1.165, 1.54) is 0 Å². The second-order valence-electron chi connectivity index (χ2n) is 4.30. The fraction of sp³-hybridized carbons (Fsp3) is 1.00. The first-order chi connectivity index (χ1) is 5.65. The number of hydrogen-bond acceptors (Lipinski definition) is 2. The molecule has 1 rings (SSSR count). The Labute approximate surface area is 75.6 Å². The maximum atomic E-state index is 9.07. The van der Waals surface area contributed by atoms with E-state index in [-0.39, 0.29) is 0 Å². The summed E-state index contributed by atoms with van der Waals surface area (Å²) in [5.41, 5.74) is 0. The number of piperidine rings is 1. The normalized spacial score (nSPS) is 32.8. The van der Waals surface area contributed by atoms with Crippen molar-refractivity contribution >= 4 is 0 Å². The van der Waals surface area contributed by atoms with Gasteiger partial charge in [-0.3, -0.25) is 0 Å². The highest BCUT2D eigenvalue weighted by Gasteiger charge is 2.26. The van der Waals surface area contributed by atoms with Gasteiger partial charge in [-0.25, -0.2) is 0 Å². The molecule has 1 saturated heterocycles. The molecule has 1 N–H and O–H groups in total. The summed E-state index contributed by atoms with van der Waals surface area (Å²) in [5.74, 6) is 1.20. The SMILES string of the molecule is CC(C)N1CC[C@H](CO)[C@H](C)C1. The fourth-order valence-electron chi connectivity index (χ4n) is 1.97.